The molecule has 18 heavy (non-hydrogen) atoms. The molecular formula is C18H30. The SMILES string of the molecule is C=C(/C=C/C=C/CCCCCC)CCC=C(C)C. The van der Waals surface area contributed by atoms with Crippen LogP contribution < -0.4 is 0 Å². The largest absolute Gasteiger partial charge is 0.0958 e. The van der Waals surface area contributed by atoms with Gasteiger partial charge in [-0.3, -0.25) is 0 Å². The smallest absolute Gasteiger partial charge is 0.0250 e. The van der Waals surface area contributed by atoms with Crippen LogP contribution in [0.15, 0.2) is 48.1 Å². The van der Waals surface area contributed by atoms with E-state index in [-0.39, 0.29) is 0 Å². The molecule has 0 rings (SSSR count). The van der Waals surface area contributed by atoms with Gasteiger partial charge in [0.1, 0.15) is 0 Å². The van der Waals surface area contributed by atoms with Crippen LogP contribution >= 0.6 is 0 Å². The molecule has 0 fully saturated rings. The van der Waals surface area contributed by atoms with Gasteiger partial charge in [0.25, 0.3) is 0 Å². The lowest BCUT2D eigenvalue weighted by Crippen LogP contribution is -1.76. The lowest BCUT2D eigenvalue weighted by Gasteiger charge is -1.96. The van der Waals surface area contributed by atoms with Crippen molar-refractivity contribution in [3.05, 3.63) is 48.1 Å². The molecule has 0 bridgehead atoms. The molecular weight excluding hydrogens is 216 g/mol. The fourth-order valence-electron chi connectivity index (χ4n) is 1.68. The zero-order valence-electron chi connectivity index (χ0n) is 12.5. The van der Waals surface area contributed by atoms with Gasteiger partial charge in [-0.25, -0.2) is 0 Å². The van der Waals surface area contributed by atoms with Crippen molar-refractivity contribution >= 4 is 0 Å². The quantitative estimate of drug-likeness (QED) is 0.238. The predicted octanol–water partition coefficient (Wildman–Crippen LogP) is 6.37. The van der Waals surface area contributed by atoms with Crippen molar-refractivity contribution in [1.82, 2.24) is 0 Å². The van der Waals surface area contributed by atoms with E-state index in [1.54, 1.807) is 0 Å². The molecule has 0 spiro atoms. The average Bonchev–Trinajstić information content (AvgIpc) is 2.32. The van der Waals surface area contributed by atoms with Crippen LogP contribution in [0.2, 0.25) is 0 Å². The molecule has 0 heterocycles. The Hall–Kier alpha value is -1.04. The maximum atomic E-state index is 4.06. The van der Waals surface area contributed by atoms with Crippen molar-refractivity contribution < 1.29 is 0 Å². The Morgan fingerprint density at radius 3 is 2.44 bits per heavy atom. The van der Waals surface area contributed by atoms with Crippen LogP contribution in [0.25, 0.3) is 0 Å². The Labute approximate surface area is 114 Å². The first-order valence-corrected chi connectivity index (χ1v) is 7.31. The van der Waals surface area contributed by atoms with Crippen molar-refractivity contribution in [2.24, 2.45) is 0 Å². The highest BCUT2D eigenvalue weighted by Gasteiger charge is 1.87. The molecule has 0 N–H and O–H groups in total. The van der Waals surface area contributed by atoms with Crippen LogP contribution in [-0.2, 0) is 0 Å². The molecule has 0 radical (unpaired) electrons. The number of hydrogen-bond donors (Lipinski definition) is 0. The van der Waals surface area contributed by atoms with Gasteiger partial charge in [-0.15, -0.1) is 0 Å². The van der Waals surface area contributed by atoms with Crippen LogP contribution in [0.1, 0.15) is 65.7 Å². The molecule has 0 nitrogen and oxygen atoms in total. The van der Waals surface area contributed by atoms with E-state index in [0.29, 0.717) is 0 Å². The summed E-state index contributed by atoms with van der Waals surface area (Å²) in [4.78, 5) is 0. The van der Waals surface area contributed by atoms with Crippen molar-refractivity contribution in [3.8, 4) is 0 Å². The Balaban J connectivity index is 3.58. The summed E-state index contributed by atoms with van der Waals surface area (Å²) in [7, 11) is 0. The number of rotatable bonds is 10. The monoisotopic (exact) mass is 246 g/mol. The summed E-state index contributed by atoms with van der Waals surface area (Å²) in [5, 5.41) is 0. The van der Waals surface area contributed by atoms with Crippen molar-refractivity contribution in [3.63, 3.8) is 0 Å². The van der Waals surface area contributed by atoms with Crippen molar-refractivity contribution in [1.29, 1.82) is 0 Å². The minimum Gasteiger partial charge on any atom is -0.0958 e. The van der Waals surface area contributed by atoms with Gasteiger partial charge in [0, 0.05) is 0 Å². The summed E-state index contributed by atoms with van der Waals surface area (Å²) in [6.07, 6.45) is 19.6. The Bertz CT molecular complexity index is 285. The van der Waals surface area contributed by atoms with Gasteiger partial charge >= 0.3 is 0 Å². The minimum absolute atomic E-state index is 1.06. The highest BCUT2D eigenvalue weighted by atomic mass is 13.9. The second-order valence-electron chi connectivity index (χ2n) is 5.12. The third-order valence-electron chi connectivity index (χ3n) is 2.82. The van der Waals surface area contributed by atoms with E-state index >= 15 is 0 Å². The molecule has 0 heteroatoms. The average molecular weight is 246 g/mol. The number of unbranched alkanes of at least 4 members (excludes halogenated alkanes) is 4. The van der Waals surface area contributed by atoms with Crippen LogP contribution in [0.5, 0.6) is 0 Å². The molecule has 0 saturated carbocycles. The highest BCUT2D eigenvalue weighted by molar-refractivity contribution is 5.19. The van der Waals surface area contributed by atoms with Crippen LogP contribution in [0, 0.1) is 0 Å². The molecule has 0 aromatic heterocycles. The first kappa shape index (κ1) is 17.0. The Kier molecular flexibility index (Phi) is 11.7. The summed E-state index contributed by atoms with van der Waals surface area (Å²) in [5.41, 5.74) is 2.60. The van der Waals surface area contributed by atoms with Gasteiger partial charge in [0.2, 0.25) is 0 Å². The van der Waals surface area contributed by atoms with E-state index in [1.165, 1.54) is 43.3 Å². The van der Waals surface area contributed by atoms with Gasteiger partial charge in [-0.1, -0.05) is 74.3 Å². The molecule has 0 aliphatic rings. The Morgan fingerprint density at radius 2 is 1.78 bits per heavy atom. The number of allylic oxidation sites excluding steroid dienone is 7. The summed E-state index contributed by atoms with van der Waals surface area (Å²) in [5.74, 6) is 0. The molecule has 0 aromatic rings. The van der Waals surface area contributed by atoms with E-state index in [1.807, 2.05) is 0 Å². The summed E-state index contributed by atoms with van der Waals surface area (Å²) < 4.78 is 0. The summed E-state index contributed by atoms with van der Waals surface area (Å²) in [6.45, 7) is 10.6. The number of hydrogen-bond acceptors (Lipinski definition) is 0. The molecule has 0 saturated heterocycles. The highest BCUT2D eigenvalue weighted by Crippen LogP contribution is 2.07. The topological polar surface area (TPSA) is 0 Å². The van der Waals surface area contributed by atoms with E-state index < -0.39 is 0 Å². The maximum Gasteiger partial charge on any atom is -0.0250 e. The molecule has 0 aliphatic heterocycles. The van der Waals surface area contributed by atoms with Crippen molar-refractivity contribution in [2.45, 2.75) is 65.7 Å². The van der Waals surface area contributed by atoms with Gasteiger partial charge < -0.3 is 0 Å². The van der Waals surface area contributed by atoms with Gasteiger partial charge in [0.15, 0.2) is 0 Å². The lowest BCUT2D eigenvalue weighted by atomic mass is 10.1. The summed E-state index contributed by atoms with van der Waals surface area (Å²) in [6, 6.07) is 0. The third-order valence-corrected chi connectivity index (χ3v) is 2.82. The second-order valence-corrected chi connectivity index (χ2v) is 5.12. The predicted molar refractivity (Wildman–Crippen MR) is 84.8 cm³/mol. The van der Waals surface area contributed by atoms with E-state index in [9.17, 15) is 0 Å². The van der Waals surface area contributed by atoms with E-state index in [2.05, 4.69) is 57.7 Å². The standard InChI is InChI=1S/C18H30/c1-5-6-7-8-9-10-11-12-15-18(4)16-13-14-17(2)3/h10-12,14-15H,4-9,13,16H2,1-3H3/b11-10+,15-12+. The third kappa shape index (κ3) is 13.0. The zero-order chi connectivity index (χ0) is 13.6. The fourth-order valence-corrected chi connectivity index (χ4v) is 1.68. The van der Waals surface area contributed by atoms with Gasteiger partial charge in [-0.05, 0) is 39.5 Å². The van der Waals surface area contributed by atoms with Gasteiger partial charge in [0.05, 0.1) is 0 Å². The normalized spacial score (nSPS) is 11.3. The van der Waals surface area contributed by atoms with E-state index in [0.717, 1.165) is 12.8 Å². The zero-order valence-corrected chi connectivity index (χ0v) is 12.5. The lowest BCUT2D eigenvalue weighted by molar-refractivity contribution is 0.674. The van der Waals surface area contributed by atoms with Crippen LogP contribution in [0.4, 0.5) is 0 Å². The van der Waals surface area contributed by atoms with Crippen LogP contribution in [0.3, 0.4) is 0 Å². The fraction of sp³-hybridized carbons (Fsp3) is 0.556. The van der Waals surface area contributed by atoms with Crippen LogP contribution in [-0.4, -0.2) is 0 Å². The molecule has 0 aromatic carbocycles. The first-order chi connectivity index (χ1) is 8.66. The van der Waals surface area contributed by atoms with E-state index in [4.69, 9.17) is 0 Å². The first-order valence-electron chi connectivity index (χ1n) is 7.31. The summed E-state index contributed by atoms with van der Waals surface area (Å²) >= 11 is 0. The minimum atomic E-state index is 1.06. The van der Waals surface area contributed by atoms with Gasteiger partial charge in [-0.2, -0.15) is 0 Å². The molecule has 0 amide bonds. The maximum absolute atomic E-state index is 4.06. The van der Waals surface area contributed by atoms with Crippen molar-refractivity contribution in [2.75, 3.05) is 0 Å². The molecule has 0 aliphatic carbocycles. The molecule has 102 valence electrons. The molecule has 0 atom stereocenters. The Morgan fingerprint density at radius 1 is 1.00 bits per heavy atom. The molecule has 0 unspecified atom stereocenters. The second kappa shape index (κ2) is 12.4.